The SMILES string of the molecule is C#CCOc1c(Cl)cc(C=C(C#N)c2nc3ccc(C)cc3[nH]2)cc1OCC. The van der Waals surface area contributed by atoms with Crippen LogP contribution in [0.4, 0.5) is 0 Å². The van der Waals surface area contributed by atoms with Crippen molar-refractivity contribution in [2.75, 3.05) is 13.2 Å². The lowest BCUT2D eigenvalue weighted by Gasteiger charge is -2.13. The first-order valence-corrected chi connectivity index (χ1v) is 9.04. The summed E-state index contributed by atoms with van der Waals surface area (Å²) in [5.74, 6) is 3.75. The molecular weight excluding hydrogens is 374 g/mol. The number of fused-ring (bicyclic) bond motifs is 1. The van der Waals surface area contributed by atoms with E-state index < -0.39 is 0 Å². The molecule has 0 aliphatic rings. The quantitative estimate of drug-likeness (QED) is 0.474. The Morgan fingerprint density at radius 1 is 1.32 bits per heavy atom. The van der Waals surface area contributed by atoms with Gasteiger partial charge in [-0.2, -0.15) is 5.26 Å². The standard InChI is InChI=1S/C22H18ClN3O2/c1-4-8-28-21-17(23)11-15(12-20(21)27-5-2)10-16(13-24)22-25-18-7-6-14(3)9-19(18)26-22/h1,6-7,9-12H,5,8H2,2-3H3,(H,25,26). The summed E-state index contributed by atoms with van der Waals surface area (Å²) in [6.07, 6.45) is 6.95. The van der Waals surface area contributed by atoms with Gasteiger partial charge < -0.3 is 14.5 Å². The van der Waals surface area contributed by atoms with Crippen molar-refractivity contribution in [1.29, 1.82) is 5.26 Å². The summed E-state index contributed by atoms with van der Waals surface area (Å²) in [6, 6.07) is 11.5. The molecule has 28 heavy (non-hydrogen) atoms. The van der Waals surface area contributed by atoms with Crippen molar-refractivity contribution >= 4 is 34.3 Å². The number of aromatic nitrogens is 2. The van der Waals surface area contributed by atoms with E-state index >= 15 is 0 Å². The highest BCUT2D eigenvalue weighted by atomic mass is 35.5. The van der Waals surface area contributed by atoms with Crippen LogP contribution in [0.1, 0.15) is 23.9 Å². The third kappa shape index (κ3) is 4.11. The Hall–Kier alpha value is -3.41. The van der Waals surface area contributed by atoms with Crippen LogP contribution in [0.5, 0.6) is 11.5 Å². The Balaban J connectivity index is 2.03. The average Bonchev–Trinajstić information content (AvgIpc) is 3.08. The molecule has 0 saturated carbocycles. The van der Waals surface area contributed by atoms with E-state index in [1.165, 1.54) is 0 Å². The Bertz CT molecular complexity index is 1130. The van der Waals surface area contributed by atoms with Crippen molar-refractivity contribution in [3.63, 3.8) is 0 Å². The molecule has 0 atom stereocenters. The number of terminal acetylenes is 1. The zero-order valence-electron chi connectivity index (χ0n) is 15.5. The molecule has 0 spiro atoms. The molecule has 0 bridgehead atoms. The van der Waals surface area contributed by atoms with Gasteiger partial charge in [0.15, 0.2) is 11.5 Å². The van der Waals surface area contributed by atoms with E-state index in [4.69, 9.17) is 27.5 Å². The summed E-state index contributed by atoms with van der Waals surface area (Å²) in [4.78, 5) is 7.69. The Labute approximate surface area is 168 Å². The van der Waals surface area contributed by atoms with Gasteiger partial charge in [0.05, 0.1) is 28.2 Å². The van der Waals surface area contributed by atoms with Crippen molar-refractivity contribution in [3.05, 3.63) is 52.3 Å². The number of nitrogens with one attached hydrogen (secondary N) is 1. The molecule has 3 aromatic rings. The Morgan fingerprint density at radius 2 is 2.14 bits per heavy atom. The molecule has 1 N–H and O–H groups in total. The van der Waals surface area contributed by atoms with Crippen molar-refractivity contribution in [2.24, 2.45) is 0 Å². The average molecular weight is 392 g/mol. The summed E-state index contributed by atoms with van der Waals surface area (Å²) in [5.41, 5.74) is 3.86. The van der Waals surface area contributed by atoms with Gasteiger partial charge in [-0.25, -0.2) is 4.98 Å². The third-order valence-corrected chi connectivity index (χ3v) is 4.24. The van der Waals surface area contributed by atoms with Crippen LogP contribution < -0.4 is 9.47 Å². The van der Waals surface area contributed by atoms with Crippen LogP contribution in [0.2, 0.25) is 5.02 Å². The number of aryl methyl sites for hydroxylation is 1. The molecule has 1 aromatic heterocycles. The van der Waals surface area contributed by atoms with Crippen LogP contribution in [0.15, 0.2) is 30.3 Å². The van der Waals surface area contributed by atoms with Gasteiger partial charge in [0, 0.05) is 0 Å². The molecule has 0 radical (unpaired) electrons. The van der Waals surface area contributed by atoms with Gasteiger partial charge in [-0.1, -0.05) is 23.6 Å². The van der Waals surface area contributed by atoms with Gasteiger partial charge in [-0.05, 0) is 55.3 Å². The maximum absolute atomic E-state index is 9.64. The van der Waals surface area contributed by atoms with Crippen molar-refractivity contribution in [3.8, 4) is 29.9 Å². The third-order valence-electron chi connectivity index (χ3n) is 3.96. The molecular formula is C22H18ClN3O2. The second kappa shape index (κ2) is 8.52. The number of H-pyrrole nitrogens is 1. The van der Waals surface area contributed by atoms with Gasteiger partial charge in [-0.15, -0.1) is 6.42 Å². The fourth-order valence-corrected chi connectivity index (χ4v) is 3.03. The molecule has 0 fully saturated rings. The number of hydrogen-bond donors (Lipinski definition) is 1. The number of rotatable bonds is 6. The number of benzene rings is 2. The number of nitriles is 1. The minimum Gasteiger partial charge on any atom is -0.490 e. The number of aromatic amines is 1. The first-order chi connectivity index (χ1) is 13.5. The fourth-order valence-electron chi connectivity index (χ4n) is 2.76. The Morgan fingerprint density at radius 3 is 2.86 bits per heavy atom. The molecule has 0 aliphatic heterocycles. The van der Waals surface area contributed by atoms with Gasteiger partial charge in [-0.3, -0.25) is 0 Å². The van der Waals surface area contributed by atoms with E-state index in [2.05, 4.69) is 22.0 Å². The molecule has 0 amide bonds. The van der Waals surface area contributed by atoms with Crippen LogP contribution in [0, 0.1) is 30.6 Å². The topological polar surface area (TPSA) is 70.9 Å². The number of nitrogens with zero attached hydrogens (tertiary/aromatic N) is 2. The highest BCUT2D eigenvalue weighted by Crippen LogP contribution is 2.37. The van der Waals surface area contributed by atoms with Crippen LogP contribution in [0.3, 0.4) is 0 Å². The zero-order valence-corrected chi connectivity index (χ0v) is 16.3. The second-order valence-electron chi connectivity index (χ2n) is 6.03. The highest BCUT2D eigenvalue weighted by molar-refractivity contribution is 6.32. The lowest BCUT2D eigenvalue weighted by Crippen LogP contribution is -2.00. The predicted octanol–water partition coefficient (Wildman–Crippen LogP) is 5.00. The molecule has 3 rings (SSSR count). The van der Waals surface area contributed by atoms with Crippen LogP contribution >= 0.6 is 11.6 Å². The molecule has 1 heterocycles. The fraction of sp³-hybridized carbons (Fsp3) is 0.182. The van der Waals surface area contributed by atoms with Gasteiger partial charge in [0.1, 0.15) is 18.5 Å². The molecule has 5 nitrogen and oxygen atoms in total. The van der Waals surface area contributed by atoms with Crippen LogP contribution in [-0.2, 0) is 0 Å². The minimum atomic E-state index is 0.0802. The number of halogens is 1. The van der Waals surface area contributed by atoms with E-state index in [0.29, 0.717) is 40.1 Å². The van der Waals surface area contributed by atoms with Gasteiger partial charge in [0.25, 0.3) is 0 Å². The summed E-state index contributed by atoms with van der Waals surface area (Å²) in [6.45, 7) is 4.38. The maximum atomic E-state index is 9.64. The Kier molecular flexibility index (Phi) is 5.89. The maximum Gasteiger partial charge on any atom is 0.181 e. The monoisotopic (exact) mass is 391 g/mol. The normalized spacial score (nSPS) is 11.1. The molecule has 140 valence electrons. The number of hydrogen-bond acceptors (Lipinski definition) is 4. The molecule has 2 aromatic carbocycles. The largest absolute Gasteiger partial charge is 0.490 e. The lowest BCUT2D eigenvalue weighted by atomic mass is 10.1. The van der Waals surface area contributed by atoms with E-state index in [9.17, 15) is 5.26 Å². The summed E-state index contributed by atoms with van der Waals surface area (Å²) in [7, 11) is 0. The highest BCUT2D eigenvalue weighted by Gasteiger charge is 2.14. The molecule has 0 unspecified atom stereocenters. The van der Waals surface area contributed by atoms with E-state index in [0.717, 1.165) is 16.6 Å². The molecule has 0 saturated heterocycles. The van der Waals surface area contributed by atoms with Crippen molar-refractivity contribution < 1.29 is 9.47 Å². The van der Waals surface area contributed by atoms with Crippen LogP contribution in [0.25, 0.3) is 22.7 Å². The van der Waals surface area contributed by atoms with E-state index in [1.807, 2.05) is 32.0 Å². The molecule has 0 aliphatic carbocycles. The van der Waals surface area contributed by atoms with Gasteiger partial charge in [0.2, 0.25) is 0 Å². The number of ether oxygens (including phenoxy) is 2. The van der Waals surface area contributed by atoms with Crippen LogP contribution in [-0.4, -0.2) is 23.2 Å². The zero-order chi connectivity index (χ0) is 20.1. The smallest absolute Gasteiger partial charge is 0.181 e. The minimum absolute atomic E-state index is 0.0802. The second-order valence-corrected chi connectivity index (χ2v) is 6.44. The lowest BCUT2D eigenvalue weighted by molar-refractivity contribution is 0.299. The first-order valence-electron chi connectivity index (χ1n) is 8.66. The molecule has 6 heteroatoms. The van der Waals surface area contributed by atoms with E-state index in [-0.39, 0.29) is 6.61 Å². The first kappa shape index (κ1) is 19.4. The van der Waals surface area contributed by atoms with Crippen molar-refractivity contribution in [2.45, 2.75) is 13.8 Å². The number of allylic oxidation sites excluding steroid dienone is 1. The summed E-state index contributed by atoms with van der Waals surface area (Å²) in [5, 5.41) is 10.00. The predicted molar refractivity (Wildman–Crippen MR) is 111 cm³/mol. The summed E-state index contributed by atoms with van der Waals surface area (Å²) < 4.78 is 11.1. The van der Waals surface area contributed by atoms with Gasteiger partial charge >= 0.3 is 0 Å². The van der Waals surface area contributed by atoms with E-state index in [1.54, 1.807) is 18.2 Å². The number of imidazole rings is 1. The summed E-state index contributed by atoms with van der Waals surface area (Å²) >= 11 is 6.35. The van der Waals surface area contributed by atoms with Crippen molar-refractivity contribution in [1.82, 2.24) is 9.97 Å².